The minimum atomic E-state index is -0.819. The lowest BCUT2D eigenvalue weighted by Gasteiger charge is -2.09. The number of carbonyl (C=O) groups is 1. The van der Waals surface area contributed by atoms with Crippen LogP contribution in [0.5, 0.6) is 5.75 Å². The number of rotatable bonds is 2. The van der Waals surface area contributed by atoms with Gasteiger partial charge in [0.1, 0.15) is 11.7 Å². The van der Waals surface area contributed by atoms with Crippen molar-refractivity contribution in [3.05, 3.63) is 23.8 Å². The molecule has 1 unspecified atom stereocenters. The third kappa shape index (κ3) is 1.19. The lowest BCUT2D eigenvalue weighted by atomic mass is 10.0. The Hall–Kier alpha value is -1.71. The molecule has 0 spiro atoms. The Morgan fingerprint density at radius 2 is 2.43 bits per heavy atom. The average Bonchev–Trinajstić information content (AvgIpc) is 2.60. The van der Waals surface area contributed by atoms with Crippen molar-refractivity contribution in [1.82, 2.24) is 0 Å². The van der Waals surface area contributed by atoms with Crippen LogP contribution in [-0.2, 0) is 4.79 Å². The predicted octanol–water partition coefficient (Wildman–Crippen LogP) is 1.29. The summed E-state index contributed by atoms with van der Waals surface area (Å²) in [6.07, 6.45) is 0. The standard InChI is InChI=1S/C10H11NO3/c1-14-8-4-2-3-7-9(8)6(5-11-7)10(12)13/h2-4,6,11H,5H2,1H3,(H,12,13). The minimum Gasteiger partial charge on any atom is -0.496 e. The van der Waals surface area contributed by atoms with Gasteiger partial charge in [0.25, 0.3) is 0 Å². The maximum absolute atomic E-state index is 10.9. The molecule has 74 valence electrons. The fourth-order valence-corrected chi connectivity index (χ4v) is 1.76. The molecule has 1 atom stereocenters. The van der Waals surface area contributed by atoms with Crippen LogP contribution in [0.25, 0.3) is 0 Å². The SMILES string of the molecule is COc1cccc2c1C(C(=O)O)CN2. The lowest BCUT2D eigenvalue weighted by Crippen LogP contribution is -2.13. The molecule has 0 aromatic heterocycles. The van der Waals surface area contributed by atoms with Gasteiger partial charge in [-0.15, -0.1) is 0 Å². The van der Waals surface area contributed by atoms with Crippen molar-refractivity contribution in [2.45, 2.75) is 5.92 Å². The van der Waals surface area contributed by atoms with E-state index in [1.807, 2.05) is 12.1 Å². The van der Waals surface area contributed by atoms with Crippen LogP contribution in [0.15, 0.2) is 18.2 Å². The van der Waals surface area contributed by atoms with Crippen molar-refractivity contribution in [3.63, 3.8) is 0 Å². The number of methoxy groups -OCH3 is 1. The van der Waals surface area contributed by atoms with Gasteiger partial charge in [0.05, 0.1) is 7.11 Å². The van der Waals surface area contributed by atoms with Gasteiger partial charge in [0, 0.05) is 17.8 Å². The van der Waals surface area contributed by atoms with Crippen molar-refractivity contribution in [1.29, 1.82) is 0 Å². The van der Waals surface area contributed by atoms with E-state index in [-0.39, 0.29) is 0 Å². The van der Waals surface area contributed by atoms with Crippen molar-refractivity contribution in [2.24, 2.45) is 0 Å². The Kier molecular flexibility index (Phi) is 2.04. The van der Waals surface area contributed by atoms with E-state index in [4.69, 9.17) is 9.84 Å². The number of ether oxygens (including phenoxy) is 1. The van der Waals surface area contributed by atoms with Crippen LogP contribution >= 0.6 is 0 Å². The Morgan fingerprint density at radius 1 is 1.64 bits per heavy atom. The van der Waals surface area contributed by atoms with Crippen LogP contribution in [0.1, 0.15) is 11.5 Å². The van der Waals surface area contributed by atoms with Crippen LogP contribution in [0.4, 0.5) is 5.69 Å². The van der Waals surface area contributed by atoms with Crippen molar-refractivity contribution in [3.8, 4) is 5.75 Å². The summed E-state index contributed by atoms with van der Waals surface area (Å²) < 4.78 is 5.13. The van der Waals surface area contributed by atoms with Crippen molar-refractivity contribution >= 4 is 11.7 Å². The van der Waals surface area contributed by atoms with E-state index in [2.05, 4.69) is 5.32 Å². The number of aliphatic carboxylic acids is 1. The van der Waals surface area contributed by atoms with Gasteiger partial charge in [-0.2, -0.15) is 0 Å². The van der Waals surface area contributed by atoms with Gasteiger partial charge < -0.3 is 15.2 Å². The molecule has 0 bridgehead atoms. The van der Waals surface area contributed by atoms with E-state index < -0.39 is 11.9 Å². The second-order valence-corrected chi connectivity index (χ2v) is 3.19. The topological polar surface area (TPSA) is 58.6 Å². The molecule has 2 rings (SSSR count). The highest BCUT2D eigenvalue weighted by Crippen LogP contribution is 2.38. The van der Waals surface area contributed by atoms with Crippen LogP contribution < -0.4 is 10.1 Å². The lowest BCUT2D eigenvalue weighted by molar-refractivity contribution is -0.138. The molecule has 1 aromatic rings. The van der Waals surface area contributed by atoms with Gasteiger partial charge >= 0.3 is 5.97 Å². The fraction of sp³-hybridized carbons (Fsp3) is 0.300. The molecule has 1 heterocycles. The van der Waals surface area contributed by atoms with E-state index in [9.17, 15) is 4.79 Å². The van der Waals surface area contributed by atoms with Crippen molar-refractivity contribution in [2.75, 3.05) is 19.0 Å². The Balaban J connectivity index is 2.50. The van der Waals surface area contributed by atoms with Crippen LogP contribution in [0.2, 0.25) is 0 Å². The van der Waals surface area contributed by atoms with E-state index in [0.29, 0.717) is 12.3 Å². The summed E-state index contributed by atoms with van der Waals surface area (Å²) in [6.45, 7) is 0.436. The van der Waals surface area contributed by atoms with E-state index in [0.717, 1.165) is 11.3 Å². The molecule has 14 heavy (non-hydrogen) atoms. The van der Waals surface area contributed by atoms with Crippen LogP contribution in [0.3, 0.4) is 0 Å². The number of anilines is 1. The van der Waals surface area contributed by atoms with Crippen LogP contribution in [0, 0.1) is 0 Å². The maximum Gasteiger partial charge on any atom is 0.313 e. The largest absolute Gasteiger partial charge is 0.496 e. The zero-order valence-electron chi connectivity index (χ0n) is 7.78. The number of hydrogen-bond acceptors (Lipinski definition) is 3. The highest BCUT2D eigenvalue weighted by atomic mass is 16.5. The highest BCUT2D eigenvalue weighted by molar-refractivity contribution is 5.84. The van der Waals surface area contributed by atoms with E-state index >= 15 is 0 Å². The van der Waals surface area contributed by atoms with Gasteiger partial charge in [-0.25, -0.2) is 0 Å². The summed E-state index contributed by atoms with van der Waals surface area (Å²) in [5, 5.41) is 12.0. The molecular formula is C10H11NO3. The van der Waals surface area contributed by atoms with Gasteiger partial charge in [-0.1, -0.05) is 6.07 Å². The van der Waals surface area contributed by atoms with E-state index in [1.54, 1.807) is 13.2 Å². The Morgan fingerprint density at radius 3 is 3.07 bits per heavy atom. The summed E-state index contributed by atoms with van der Waals surface area (Å²) >= 11 is 0. The molecule has 0 saturated heterocycles. The zero-order chi connectivity index (χ0) is 10.1. The highest BCUT2D eigenvalue weighted by Gasteiger charge is 2.31. The van der Waals surface area contributed by atoms with Gasteiger partial charge in [-0.05, 0) is 12.1 Å². The smallest absolute Gasteiger partial charge is 0.313 e. The van der Waals surface area contributed by atoms with Crippen LogP contribution in [-0.4, -0.2) is 24.7 Å². The second kappa shape index (κ2) is 3.21. The number of hydrogen-bond donors (Lipinski definition) is 2. The molecular weight excluding hydrogens is 182 g/mol. The minimum absolute atomic E-state index is 0.436. The summed E-state index contributed by atoms with van der Waals surface area (Å²) in [7, 11) is 1.55. The molecule has 0 saturated carbocycles. The third-order valence-corrected chi connectivity index (χ3v) is 2.43. The molecule has 0 aliphatic carbocycles. The Bertz CT molecular complexity index is 376. The number of benzene rings is 1. The third-order valence-electron chi connectivity index (χ3n) is 2.43. The normalized spacial score (nSPS) is 18.5. The molecule has 4 heteroatoms. The molecule has 0 radical (unpaired) electrons. The fourth-order valence-electron chi connectivity index (χ4n) is 1.76. The first-order valence-corrected chi connectivity index (χ1v) is 4.37. The summed E-state index contributed by atoms with van der Waals surface area (Å²) in [5.74, 6) is -0.679. The number of nitrogens with one attached hydrogen (secondary N) is 1. The second-order valence-electron chi connectivity index (χ2n) is 3.19. The quantitative estimate of drug-likeness (QED) is 0.743. The van der Waals surface area contributed by atoms with Gasteiger partial charge in [-0.3, -0.25) is 4.79 Å². The molecule has 0 fully saturated rings. The number of fused-ring (bicyclic) bond motifs is 1. The molecule has 1 aliphatic rings. The number of carboxylic acids is 1. The zero-order valence-corrected chi connectivity index (χ0v) is 7.78. The summed E-state index contributed by atoms with van der Waals surface area (Å²) in [6, 6.07) is 5.48. The molecule has 0 amide bonds. The Labute approximate surface area is 81.5 Å². The summed E-state index contributed by atoms with van der Waals surface area (Å²) in [5.41, 5.74) is 1.61. The number of carboxylic acid groups (broad SMARTS) is 1. The first kappa shape index (κ1) is 8.87. The predicted molar refractivity (Wildman–Crippen MR) is 51.9 cm³/mol. The average molecular weight is 193 g/mol. The van der Waals surface area contributed by atoms with E-state index in [1.165, 1.54) is 0 Å². The van der Waals surface area contributed by atoms with Gasteiger partial charge in [0.15, 0.2) is 0 Å². The maximum atomic E-state index is 10.9. The first-order chi connectivity index (χ1) is 6.74. The monoisotopic (exact) mass is 193 g/mol. The van der Waals surface area contributed by atoms with Gasteiger partial charge in [0.2, 0.25) is 0 Å². The molecule has 1 aliphatic heterocycles. The molecule has 1 aromatic carbocycles. The van der Waals surface area contributed by atoms with Crippen molar-refractivity contribution < 1.29 is 14.6 Å². The first-order valence-electron chi connectivity index (χ1n) is 4.37. The molecule has 2 N–H and O–H groups in total. The summed E-state index contributed by atoms with van der Waals surface area (Å²) in [4.78, 5) is 10.9. The molecule has 4 nitrogen and oxygen atoms in total.